The van der Waals surface area contributed by atoms with Crippen LogP contribution in [0.1, 0.15) is 20.6 Å². The zero-order valence-corrected chi connectivity index (χ0v) is 26.6. The van der Waals surface area contributed by atoms with Gasteiger partial charge in [-0.15, -0.1) is 0 Å². The summed E-state index contributed by atoms with van der Waals surface area (Å²) in [5.74, 6) is 0. The Morgan fingerprint density at radius 3 is 1.86 bits per heavy atom. The lowest BCUT2D eigenvalue weighted by atomic mass is 9.84. The molecule has 0 bridgehead atoms. The lowest BCUT2D eigenvalue weighted by Gasteiger charge is -2.19. The number of fused-ring (bicyclic) bond motifs is 9. The van der Waals surface area contributed by atoms with Gasteiger partial charge in [0.15, 0.2) is 0 Å². The Bertz CT molecular complexity index is 3980. The third-order valence-corrected chi connectivity index (χ3v) is 9.72. The van der Waals surface area contributed by atoms with E-state index < -0.39 is 107 Å². The van der Waals surface area contributed by atoms with E-state index in [0.29, 0.717) is 16.3 Å². The van der Waals surface area contributed by atoms with Crippen molar-refractivity contribution in [3.8, 4) is 33.4 Å². The van der Waals surface area contributed by atoms with Crippen molar-refractivity contribution in [2.75, 3.05) is 0 Å². The summed E-state index contributed by atoms with van der Waals surface area (Å²) in [6.07, 6.45) is 0. The van der Waals surface area contributed by atoms with Gasteiger partial charge in [0.05, 0.1) is 20.6 Å². The van der Waals surface area contributed by atoms with E-state index >= 15 is 0 Å². The van der Waals surface area contributed by atoms with Gasteiger partial charge < -0.3 is 4.42 Å². The summed E-state index contributed by atoms with van der Waals surface area (Å²) in [7, 11) is 0. The van der Waals surface area contributed by atoms with Crippen molar-refractivity contribution in [3.63, 3.8) is 0 Å². The van der Waals surface area contributed by atoms with Crippen molar-refractivity contribution in [3.05, 3.63) is 182 Å². The molecule has 0 fully saturated rings. The summed E-state index contributed by atoms with van der Waals surface area (Å²) in [6.45, 7) is 0. The average molecular weight is 662 g/mol. The molecule has 0 aliphatic carbocycles. The molecule has 236 valence electrons. The van der Waals surface area contributed by atoms with E-state index in [2.05, 4.69) is 18.2 Å². The van der Waals surface area contributed by atoms with Gasteiger partial charge >= 0.3 is 0 Å². The van der Waals surface area contributed by atoms with E-state index in [1.807, 2.05) is 60.7 Å². The predicted molar refractivity (Wildman–Crippen MR) is 218 cm³/mol. The fraction of sp³-hybridized carbons (Fsp3) is 0. The van der Waals surface area contributed by atoms with Crippen molar-refractivity contribution >= 4 is 75.8 Å². The molecule has 0 unspecified atom stereocenters. The zero-order valence-electron chi connectivity index (χ0n) is 41.6. The smallest absolute Gasteiger partial charge is 0.136 e. The Morgan fingerprint density at radius 2 is 1.04 bits per heavy atom. The molecule has 0 amide bonds. The van der Waals surface area contributed by atoms with Gasteiger partial charge in [0.25, 0.3) is 0 Å². The Hall–Kier alpha value is -6.70. The second-order valence-electron chi connectivity index (χ2n) is 12.5. The monoisotopic (exact) mass is 661 g/mol. The summed E-state index contributed by atoms with van der Waals surface area (Å²) in [5, 5.41) is 3.57. The fourth-order valence-electron chi connectivity index (χ4n) is 7.46. The predicted octanol–water partition coefficient (Wildman–Crippen LogP) is 14.4. The van der Waals surface area contributed by atoms with Gasteiger partial charge in [-0.3, -0.25) is 0 Å². The van der Waals surface area contributed by atoms with Crippen LogP contribution in [0.5, 0.6) is 0 Å². The average Bonchev–Trinajstić information content (AvgIpc) is 3.71. The van der Waals surface area contributed by atoms with Gasteiger partial charge in [-0.2, -0.15) is 0 Å². The van der Waals surface area contributed by atoms with E-state index in [0.717, 1.165) is 43.8 Å². The lowest BCUT2D eigenvalue weighted by Crippen LogP contribution is -1.92. The van der Waals surface area contributed by atoms with Crippen molar-refractivity contribution < 1.29 is 25.0 Å². The highest BCUT2D eigenvalue weighted by atomic mass is 16.3. The Morgan fingerprint density at radius 1 is 0.373 bits per heavy atom. The second-order valence-corrected chi connectivity index (χ2v) is 12.5. The van der Waals surface area contributed by atoms with Crippen LogP contribution in [0.25, 0.3) is 109 Å². The topological polar surface area (TPSA) is 13.1 Å². The van der Waals surface area contributed by atoms with Crippen molar-refractivity contribution in [1.29, 1.82) is 0 Å². The quantitative estimate of drug-likeness (QED) is 0.172. The van der Waals surface area contributed by atoms with Crippen LogP contribution in [-0.4, -0.2) is 0 Å². The molecule has 0 atom stereocenters. The second kappa shape index (κ2) is 10.9. The zero-order chi connectivity index (χ0) is 46.5. The maximum absolute atomic E-state index is 9.50. The minimum atomic E-state index is -0.736. The molecule has 11 aromatic rings. The van der Waals surface area contributed by atoms with Crippen molar-refractivity contribution in [2.24, 2.45) is 0 Å². The number of rotatable bonds is 3. The third-order valence-electron chi connectivity index (χ3n) is 9.72. The van der Waals surface area contributed by atoms with Gasteiger partial charge in [0.2, 0.25) is 0 Å². The van der Waals surface area contributed by atoms with E-state index in [1.165, 1.54) is 0 Å². The van der Waals surface area contributed by atoms with Crippen LogP contribution < -0.4 is 0 Å². The normalized spacial score (nSPS) is 16.0. The molecule has 0 saturated heterocycles. The summed E-state index contributed by atoms with van der Waals surface area (Å²) >= 11 is 0. The van der Waals surface area contributed by atoms with Gasteiger partial charge in [-0.25, -0.2) is 0 Å². The minimum absolute atomic E-state index is 0.0473. The first-order chi connectivity index (χ1) is 31.5. The van der Waals surface area contributed by atoms with Crippen LogP contribution in [0.2, 0.25) is 0 Å². The number of hydrogen-bond acceptors (Lipinski definition) is 1. The highest BCUT2D eigenvalue weighted by Gasteiger charge is 2.19. The summed E-state index contributed by atoms with van der Waals surface area (Å²) in [4.78, 5) is 0. The molecule has 0 N–H and O–H groups in total. The molecular weight excluding hydrogens is 617 g/mol. The van der Waals surface area contributed by atoms with Gasteiger partial charge in [0, 0.05) is 10.8 Å². The van der Waals surface area contributed by atoms with Crippen molar-refractivity contribution in [2.45, 2.75) is 0 Å². The maximum atomic E-state index is 9.50. The van der Waals surface area contributed by atoms with Crippen LogP contribution in [0, 0.1) is 0 Å². The first-order valence-corrected chi connectivity index (χ1v) is 16.4. The van der Waals surface area contributed by atoms with Gasteiger partial charge in [-0.1, -0.05) is 151 Å². The largest absolute Gasteiger partial charge is 0.456 e. The molecule has 1 nitrogen and oxygen atoms in total. The van der Waals surface area contributed by atoms with Crippen LogP contribution >= 0.6 is 0 Å². The first kappa shape index (κ1) is 17.3. The lowest BCUT2D eigenvalue weighted by molar-refractivity contribution is 0.669. The van der Waals surface area contributed by atoms with Crippen LogP contribution in [0.4, 0.5) is 0 Å². The number of benzene rings is 10. The molecule has 0 aliphatic rings. The molecule has 1 aromatic heterocycles. The molecule has 1 heterocycles. The van der Waals surface area contributed by atoms with E-state index in [4.69, 9.17) is 16.8 Å². The van der Waals surface area contributed by atoms with Crippen molar-refractivity contribution in [1.82, 2.24) is 0 Å². The highest BCUT2D eigenvalue weighted by molar-refractivity contribution is 6.24. The third kappa shape index (κ3) is 4.28. The first-order valence-electron chi connectivity index (χ1n) is 23.9. The summed E-state index contributed by atoms with van der Waals surface area (Å²) < 4.78 is 141. The van der Waals surface area contributed by atoms with Gasteiger partial charge in [-0.05, 0) is 118 Å². The molecule has 1 heteroatoms. The maximum Gasteiger partial charge on any atom is 0.136 e. The molecule has 10 aromatic carbocycles. The van der Waals surface area contributed by atoms with E-state index in [-0.39, 0.29) is 32.7 Å². The Balaban J connectivity index is 1.26. The molecule has 0 saturated carbocycles. The molecule has 0 radical (unpaired) electrons. The molecule has 0 aliphatic heterocycles. The molecule has 11 rings (SSSR count). The van der Waals surface area contributed by atoms with Crippen LogP contribution in [-0.2, 0) is 0 Å². The molecular formula is C50H30O. The van der Waals surface area contributed by atoms with Crippen LogP contribution in [0.15, 0.2) is 186 Å². The molecule has 51 heavy (non-hydrogen) atoms. The van der Waals surface area contributed by atoms with Crippen LogP contribution in [0.3, 0.4) is 0 Å². The highest BCUT2D eigenvalue weighted by Crippen LogP contribution is 2.46. The fourth-order valence-corrected chi connectivity index (χ4v) is 7.46. The van der Waals surface area contributed by atoms with Gasteiger partial charge in [0.1, 0.15) is 11.2 Å². The SMILES string of the molecule is [2H]c1c([2H])c([2H])c2c([2H])c(-c3c4c([2H])c([2H])c([2H])c([2H])c4c(-c4cccc5cc(-c6ccc7oc8ccc9ccccc9c8c7c6)ccc45)c4c([2H])c([2H])c([2H])c([2H])c34)c([2H])c([2H])c2c1[2H]. The van der Waals surface area contributed by atoms with E-state index in [1.54, 1.807) is 12.1 Å². The molecule has 0 spiro atoms. The Labute approximate surface area is 315 Å². The number of hydrogen-bond donors (Lipinski definition) is 0. The number of furan rings is 1. The minimum Gasteiger partial charge on any atom is -0.456 e. The Kier molecular flexibility index (Phi) is 3.70. The standard InChI is InChI=1S/C50H30O/c1-2-12-33-29-37(21-20-31(33)10-1)48-41-15-5-7-17-43(41)49(44-18-8-6-16-42(44)48)40-19-9-13-36-28-34(22-25-38(36)40)35-24-26-46-45(30-35)50-39-14-4-3-11-32(39)23-27-47(50)51-46/h1-30H/i1D,2D,5D,6D,7D,8D,10D,12D,15D,16D,17D,18D,20D,21D,29D. The summed E-state index contributed by atoms with van der Waals surface area (Å²) in [5.41, 5.74) is 2.78. The van der Waals surface area contributed by atoms with E-state index in [9.17, 15) is 8.22 Å². The summed E-state index contributed by atoms with van der Waals surface area (Å²) in [6, 6.07) is 19.1.